The summed E-state index contributed by atoms with van der Waals surface area (Å²) < 4.78 is 16.2. The SMILES string of the molecule is COC(=O)c1ccccc1O[C@@H]1C[C@@H]2CN(CC(=O)N3CCOCC3)C[C@@H]2C[C@H]1O.O=CO. The van der Waals surface area contributed by atoms with E-state index in [9.17, 15) is 14.7 Å². The van der Waals surface area contributed by atoms with Crippen molar-refractivity contribution in [2.75, 3.05) is 53.0 Å². The highest BCUT2D eigenvalue weighted by atomic mass is 16.5. The number of benzene rings is 1. The van der Waals surface area contributed by atoms with Gasteiger partial charge in [0.15, 0.2) is 0 Å². The van der Waals surface area contributed by atoms with Gasteiger partial charge in [-0.15, -0.1) is 0 Å². The molecule has 2 aliphatic heterocycles. The Balaban J connectivity index is 0.000000968. The average Bonchev–Trinajstić information content (AvgIpc) is 3.21. The van der Waals surface area contributed by atoms with E-state index in [1.807, 2.05) is 4.90 Å². The molecule has 4 rings (SSSR count). The van der Waals surface area contributed by atoms with Crippen LogP contribution in [0.25, 0.3) is 0 Å². The molecule has 2 N–H and O–H groups in total. The quantitative estimate of drug-likeness (QED) is 0.473. The number of aliphatic hydroxyl groups excluding tert-OH is 1. The maximum Gasteiger partial charge on any atom is 0.341 e. The highest BCUT2D eigenvalue weighted by Gasteiger charge is 2.43. The molecule has 1 aliphatic carbocycles. The molecular weight excluding hydrogens is 432 g/mol. The number of esters is 1. The Morgan fingerprint density at radius 1 is 1.15 bits per heavy atom. The van der Waals surface area contributed by atoms with Crippen LogP contribution in [0.1, 0.15) is 23.2 Å². The minimum Gasteiger partial charge on any atom is -0.487 e. The van der Waals surface area contributed by atoms with E-state index < -0.39 is 12.1 Å². The van der Waals surface area contributed by atoms with Crippen molar-refractivity contribution in [2.24, 2.45) is 11.8 Å². The topological polar surface area (TPSA) is 126 Å². The number of hydrogen-bond acceptors (Lipinski definition) is 8. The standard InChI is InChI=1S/C22H30N2O6.CH2O2/c1-28-22(27)17-4-2-3-5-19(17)30-20-11-16-13-23(12-15(16)10-18(20)25)14-21(26)24-6-8-29-9-7-24;2-1-3/h2-5,15-16,18,20,25H,6-14H2,1H3;1H,(H,2,3)/t15-,16+,18+,20+;/m0./s1. The predicted octanol–water partition coefficient (Wildman–Crippen LogP) is 0.483. The van der Waals surface area contributed by atoms with Gasteiger partial charge in [-0.3, -0.25) is 14.5 Å². The van der Waals surface area contributed by atoms with Crippen LogP contribution >= 0.6 is 0 Å². The lowest BCUT2D eigenvalue weighted by Gasteiger charge is -2.35. The first-order valence-corrected chi connectivity index (χ1v) is 11.1. The fourth-order valence-electron chi connectivity index (χ4n) is 4.86. The van der Waals surface area contributed by atoms with Crippen LogP contribution in [-0.2, 0) is 19.1 Å². The van der Waals surface area contributed by atoms with Gasteiger partial charge in [-0.2, -0.15) is 0 Å². The number of rotatable bonds is 5. The van der Waals surface area contributed by atoms with Crippen LogP contribution in [0.3, 0.4) is 0 Å². The number of likely N-dealkylation sites (tertiary alicyclic amines) is 1. The van der Waals surface area contributed by atoms with Crippen molar-refractivity contribution in [1.82, 2.24) is 9.80 Å². The van der Waals surface area contributed by atoms with Crippen molar-refractivity contribution in [3.63, 3.8) is 0 Å². The third-order valence-corrected chi connectivity index (χ3v) is 6.45. The summed E-state index contributed by atoms with van der Waals surface area (Å²) in [5.74, 6) is 0.846. The molecule has 0 radical (unpaired) electrons. The van der Waals surface area contributed by atoms with Crippen LogP contribution in [0.5, 0.6) is 5.75 Å². The molecule has 2 heterocycles. The van der Waals surface area contributed by atoms with Gasteiger partial charge in [-0.25, -0.2) is 4.79 Å². The Bertz CT molecular complexity index is 813. The van der Waals surface area contributed by atoms with Crippen molar-refractivity contribution in [2.45, 2.75) is 25.0 Å². The zero-order valence-corrected chi connectivity index (χ0v) is 18.8. The molecule has 33 heavy (non-hydrogen) atoms. The maximum absolute atomic E-state index is 12.6. The van der Waals surface area contributed by atoms with Crippen LogP contribution in [-0.4, -0.2) is 104 Å². The fourth-order valence-corrected chi connectivity index (χ4v) is 4.86. The zero-order valence-electron chi connectivity index (χ0n) is 18.8. The number of methoxy groups -OCH3 is 1. The molecule has 3 fully saturated rings. The lowest BCUT2D eigenvalue weighted by molar-refractivity contribution is -0.136. The second-order valence-electron chi connectivity index (χ2n) is 8.50. The first kappa shape index (κ1) is 24.9. The number of nitrogens with zero attached hydrogens (tertiary/aromatic N) is 2. The summed E-state index contributed by atoms with van der Waals surface area (Å²) in [5, 5.41) is 17.6. The minimum absolute atomic E-state index is 0.150. The maximum atomic E-state index is 12.6. The zero-order chi connectivity index (χ0) is 23.8. The Hall–Kier alpha value is -2.69. The molecular formula is C23H32N2O8. The first-order valence-electron chi connectivity index (χ1n) is 11.1. The number of morpholine rings is 1. The highest BCUT2D eigenvalue weighted by molar-refractivity contribution is 5.92. The van der Waals surface area contributed by atoms with E-state index in [2.05, 4.69) is 4.90 Å². The number of hydrogen-bond donors (Lipinski definition) is 2. The molecule has 1 aromatic carbocycles. The monoisotopic (exact) mass is 464 g/mol. The summed E-state index contributed by atoms with van der Waals surface area (Å²) >= 11 is 0. The Morgan fingerprint density at radius 2 is 1.79 bits per heavy atom. The van der Waals surface area contributed by atoms with Crippen molar-refractivity contribution < 1.29 is 38.8 Å². The normalized spacial score (nSPS) is 27.0. The number of carbonyl (C=O) groups excluding carboxylic acids is 2. The summed E-state index contributed by atoms with van der Waals surface area (Å²) in [4.78, 5) is 37.0. The van der Waals surface area contributed by atoms with Gasteiger partial charge in [-0.05, 0) is 36.8 Å². The van der Waals surface area contributed by atoms with E-state index in [1.165, 1.54) is 7.11 Å². The highest BCUT2D eigenvalue weighted by Crippen LogP contribution is 2.38. The molecule has 1 amide bonds. The fraction of sp³-hybridized carbons (Fsp3) is 0.609. The van der Waals surface area contributed by atoms with Crippen molar-refractivity contribution in [3.8, 4) is 5.75 Å². The van der Waals surface area contributed by atoms with Crippen LogP contribution in [0.15, 0.2) is 24.3 Å². The molecule has 182 valence electrons. The molecule has 0 spiro atoms. The van der Waals surface area contributed by atoms with E-state index in [4.69, 9.17) is 24.1 Å². The number of aliphatic hydroxyl groups is 1. The third kappa shape index (κ3) is 6.43. The summed E-state index contributed by atoms with van der Waals surface area (Å²) in [7, 11) is 1.34. The smallest absolute Gasteiger partial charge is 0.341 e. The second kappa shape index (κ2) is 12.0. The molecule has 10 nitrogen and oxygen atoms in total. The van der Waals surface area contributed by atoms with Crippen LogP contribution < -0.4 is 4.74 Å². The molecule has 0 bridgehead atoms. The van der Waals surface area contributed by atoms with Crippen molar-refractivity contribution in [1.29, 1.82) is 0 Å². The number of carboxylic acid groups (broad SMARTS) is 1. The summed E-state index contributed by atoms with van der Waals surface area (Å²) in [5.41, 5.74) is 0.360. The van der Waals surface area contributed by atoms with E-state index in [1.54, 1.807) is 24.3 Å². The number of ether oxygens (including phenoxy) is 3. The number of para-hydroxylation sites is 1. The molecule has 3 aliphatic rings. The Morgan fingerprint density at radius 3 is 2.45 bits per heavy atom. The second-order valence-corrected chi connectivity index (χ2v) is 8.50. The number of carbonyl (C=O) groups is 3. The van der Waals surface area contributed by atoms with Crippen LogP contribution in [0, 0.1) is 11.8 Å². The molecule has 1 aromatic rings. The average molecular weight is 465 g/mol. The minimum atomic E-state index is -0.605. The Kier molecular flexibility index (Phi) is 9.04. The Labute approximate surface area is 193 Å². The summed E-state index contributed by atoms with van der Waals surface area (Å²) in [6.45, 7) is 4.35. The largest absolute Gasteiger partial charge is 0.487 e. The lowest BCUT2D eigenvalue weighted by atomic mass is 9.78. The third-order valence-electron chi connectivity index (χ3n) is 6.45. The summed E-state index contributed by atoms with van der Waals surface area (Å²) in [6.07, 6.45) is 0.348. The lowest BCUT2D eigenvalue weighted by Crippen LogP contribution is -2.45. The molecule has 2 saturated heterocycles. The van der Waals surface area contributed by atoms with Gasteiger partial charge in [0.1, 0.15) is 17.4 Å². The van der Waals surface area contributed by atoms with Gasteiger partial charge in [0.05, 0.1) is 33.0 Å². The predicted molar refractivity (Wildman–Crippen MR) is 117 cm³/mol. The van der Waals surface area contributed by atoms with Crippen LogP contribution in [0.4, 0.5) is 0 Å². The van der Waals surface area contributed by atoms with Crippen molar-refractivity contribution in [3.05, 3.63) is 29.8 Å². The molecule has 1 saturated carbocycles. The van der Waals surface area contributed by atoms with Gasteiger partial charge in [0.2, 0.25) is 5.91 Å². The first-order chi connectivity index (χ1) is 16.0. The van der Waals surface area contributed by atoms with Crippen LogP contribution in [0.2, 0.25) is 0 Å². The van der Waals surface area contributed by atoms with E-state index in [0.717, 1.165) is 13.1 Å². The van der Waals surface area contributed by atoms with Gasteiger partial charge in [0, 0.05) is 26.2 Å². The number of amides is 1. The molecule has 0 aromatic heterocycles. The molecule has 10 heteroatoms. The van der Waals surface area contributed by atoms with E-state index >= 15 is 0 Å². The van der Waals surface area contributed by atoms with E-state index in [0.29, 0.717) is 68.8 Å². The van der Waals surface area contributed by atoms with Gasteiger partial charge in [-0.1, -0.05) is 12.1 Å². The summed E-state index contributed by atoms with van der Waals surface area (Å²) in [6, 6.07) is 6.95. The van der Waals surface area contributed by atoms with Gasteiger partial charge >= 0.3 is 5.97 Å². The van der Waals surface area contributed by atoms with E-state index in [-0.39, 0.29) is 18.5 Å². The van der Waals surface area contributed by atoms with Crippen molar-refractivity contribution >= 4 is 18.3 Å². The van der Waals surface area contributed by atoms with Gasteiger partial charge < -0.3 is 29.3 Å². The molecule has 4 atom stereocenters. The van der Waals surface area contributed by atoms with Gasteiger partial charge in [0.25, 0.3) is 6.47 Å². The number of fused-ring (bicyclic) bond motifs is 1. The molecule has 0 unspecified atom stereocenters.